The summed E-state index contributed by atoms with van der Waals surface area (Å²) in [6.07, 6.45) is 3.55. The fourth-order valence-electron chi connectivity index (χ4n) is 1.45. The summed E-state index contributed by atoms with van der Waals surface area (Å²) in [7, 11) is 1.61. The Bertz CT molecular complexity index is 564. The number of carboxylic acids is 1. The topological polar surface area (TPSA) is 59.7 Å². The van der Waals surface area contributed by atoms with E-state index in [0.717, 1.165) is 11.3 Å². The van der Waals surface area contributed by atoms with Gasteiger partial charge in [-0.15, -0.1) is 0 Å². The minimum Gasteiger partial charge on any atom is -0.497 e. The van der Waals surface area contributed by atoms with E-state index in [0.29, 0.717) is 5.76 Å². The Hall–Kier alpha value is -2.49. The van der Waals surface area contributed by atoms with Gasteiger partial charge in [0.1, 0.15) is 11.5 Å². The van der Waals surface area contributed by atoms with Crippen LogP contribution in [0, 0.1) is 0 Å². The van der Waals surface area contributed by atoms with Gasteiger partial charge in [0, 0.05) is 0 Å². The molecule has 1 N–H and O–H groups in total. The Morgan fingerprint density at radius 1 is 1.17 bits per heavy atom. The number of hydrogen-bond donors (Lipinski definition) is 1. The lowest BCUT2D eigenvalue weighted by atomic mass is 10.2. The maximum atomic E-state index is 10.6. The first-order valence-corrected chi connectivity index (χ1v) is 5.34. The monoisotopic (exact) mass is 244 g/mol. The van der Waals surface area contributed by atoms with Crippen LogP contribution in [-0.2, 0) is 0 Å². The molecule has 2 aromatic rings. The molecule has 1 heterocycles. The maximum absolute atomic E-state index is 10.6. The molecule has 1 aromatic carbocycles. The fourth-order valence-corrected chi connectivity index (χ4v) is 1.45. The first-order valence-electron chi connectivity index (χ1n) is 5.34. The zero-order valence-electron chi connectivity index (χ0n) is 9.79. The Kier molecular flexibility index (Phi) is 3.48. The normalized spacial score (nSPS) is 10.7. The van der Waals surface area contributed by atoms with Gasteiger partial charge in [-0.1, -0.05) is 18.2 Å². The van der Waals surface area contributed by atoms with Crippen molar-refractivity contribution >= 4 is 18.1 Å². The van der Waals surface area contributed by atoms with Crippen molar-refractivity contribution in [3.8, 4) is 5.75 Å². The van der Waals surface area contributed by atoms with Crippen molar-refractivity contribution in [3.63, 3.8) is 0 Å². The van der Waals surface area contributed by atoms with Gasteiger partial charge >= 0.3 is 5.97 Å². The van der Waals surface area contributed by atoms with Gasteiger partial charge in [-0.25, -0.2) is 4.79 Å². The number of ether oxygens (including phenoxy) is 1. The van der Waals surface area contributed by atoms with Crippen LogP contribution in [-0.4, -0.2) is 18.2 Å². The molecule has 0 radical (unpaired) electrons. The predicted molar refractivity (Wildman–Crippen MR) is 67.6 cm³/mol. The number of furan rings is 1. The average Bonchev–Trinajstić information content (AvgIpc) is 2.86. The molecule has 0 amide bonds. The van der Waals surface area contributed by atoms with E-state index in [-0.39, 0.29) is 5.76 Å². The molecule has 0 saturated heterocycles. The summed E-state index contributed by atoms with van der Waals surface area (Å²) in [4.78, 5) is 10.6. The van der Waals surface area contributed by atoms with Crippen LogP contribution in [0.3, 0.4) is 0 Å². The quantitative estimate of drug-likeness (QED) is 0.897. The van der Waals surface area contributed by atoms with Crippen LogP contribution >= 0.6 is 0 Å². The molecule has 0 unspecified atom stereocenters. The summed E-state index contributed by atoms with van der Waals surface area (Å²) in [5.41, 5.74) is 0.976. The van der Waals surface area contributed by atoms with Crippen molar-refractivity contribution in [1.29, 1.82) is 0 Å². The number of methoxy groups -OCH3 is 1. The molecule has 1 aromatic heterocycles. The van der Waals surface area contributed by atoms with Gasteiger partial charge in [0.25, 0.3) is 0 Å². The van der Waals surface area contributed by atoms with Crippen molar-refractivity contribution < 1.29 is 19.1 Å². The molecule has 4 heteroatoms. The third kappa shape index (κ3) is 2.79. The minimum absolute atomic E-state index is 0.0654. The highest BCUT2D eigenvalue weighted by atomic mass is 16.5. The maximum Gasteiger partial charge on any atom is 0.371 e. The highest BCUT2D eigenvalue weighted by Gasteiger charge is 2.06. The number of hydrogen-bond acceptors (Lipinski definition) is 3. The predicted octanol–water partition coefficient (Wildman–Crippen LogP) is 3.16. The third-order valence-corrected chi connectivity index (χ3v) is 2.39. The van der Waals surface area contributed by atoms with E-state index in [1.165, 1.54) is 6.07 Å². The SMILES string of the molecule is COc1ccc(/C=C/c2ccc(C(=O)O)o2)cc1. The van der Waals surface area contributed by atoms with E-state index in [1.54, 1.807) is 19.3 Å². The smallest absolute Gasteiger partial charge is 0.371 e. The van der Waals surface area contributed by atoms with Crippen LogP contribution in [0.5, 0.6) is 5.75 Å². The van der Waals surface area contributed by atoms with Gasteiger partial charge in [-0.2, -0.15) is 0 Å². The summed E-state index contributed by atoms with van der Waals surface area (Å²) in [6.45, 7) is 0. The van der Waals surface area contributed by atoms with Gasteiger partial charge in [0.05, 0.1) is 7.11 Å². The summed E-state index contributed by atoms with van der Waals surface area (Å²) >= 11 is 0. The lowest BCUT2D eigenvalue weighted by molar-refractivity contribution is 0.0662. The van der Waals surface area contributed by atoms with Crippen LogP contribution < -0.4 is 4.74 Å². The second-order valence-corrected chi connectivity index (χ2v) is 3.61. The van der Waals surface area contributed by atoms with Gasteiger partial charge in [-0.05, 0) is 35.9 Å². The standard InChI is InChI=1S/C14H12O4/c1-17-11-5-2-10(3-6-11)4-7-12-8-9-13(18-12)14(15)16/h2-9H,1H3,(H,15,16)/b7-4+. The minimum atomic E-state index is -1.07. The Morgan fingerprint density at radius 3 is 2.44 bits per heavy atom. The van der Waals surface area contributed by atoms with E-state index in [9.17, 15) is 4.79 Å². The first-order chi connectivity index (χ1) is 8.69. The highest BCUT2D eigenvalue weighted by molar-refractivity contribution is 5.84. The molecule has 0 bridgehead atoms. The zero-order valence-corrected chi connectivity index (χ0v) is 9.79. The number of aromatic carboxylic acids is 1. The highest BCUT2D eigenvalue weighted by Crippen LogP contribution is 2.15. The lowest BCUT2D eigenvalue weighted by Gasteiger charge is -1.98. The Labute approximate surface area is 104 Å². The van der Waals surface area contributed by atoms with Crippen molar-refractivity contribution in [3.05, 3.63) is 53.5 Å². The first kappa shape index (κ1) is 12.0. The molecule has 0 aliphatic heterocycles. The van der Waals surface area contributed by atoms with E-state index < -0.39 is 5.97 Å². The molecule has 0 spiro atoms. The van der Waals surface area contributed by atoms with Crippen molar-refractivity contribution in [2.24, 2.45) is 0 Å². The van der Waals surface area contributed by atoms with Crippen LogP contribution in [0.25, 0.3) is 12.2 Å². The number of carbonyl (C=O) groups is 1. The van der Waals surface area contributed by atoms with Crippen LogP contribution in [0.1, 0.15) is 21.9 Å². The van der Waals surface area contributed by atoms with Gasteiger partial charge in [0.2, 0.25) is 5.76 Å². The third-order valence-electron chi connectivity index (χ3n) is 2.39. The van der Waals surface area contributed by atoms with E-state index in [2.05, 4.69) is 0 Å². The second-order valence-electron chi connectivity index (χ2n) is 3.61. The van der Waals surface area contributed by atoms with E-state index in [1.807, 2.05) is 30.3 Å². The molecular weight excluding hydrogens is 232 g/mol. The summed E-state index contributed by atoms with van der Waals surface area (Å²) in [5.74, 6) is 0.157. The molecule has 0 saturated carbocycles. The lowest BCUT2D eigenvalue weighted by Crippen LogP contribution is -1.91. The second kappa shape index (κ2) is 5.23. The van der Waals surface area contributed by atoms with Crippen molar-refractivity contribution in [2.45, 2.75) is 0 Å². The van der Waals surface area contributed by atoms with Crippen molar-refractivity contribution in [2.75, 3.05) is 7.11 Å². The Balaban J connectivity index is 2.11. The van der Waals surface area contributed by atoms with E-state index >= 15 is 0 Å². The van der Waals surface area contributed by atoms with Gasteiger partial charge in [0.15, 0.2) is 0 Å². The zero-order chi connectivity index (χ0) is 13.0. The molecule has 0 atom stereocenters. The molecule has 92 valence electrons. The molecule has 0 aliphatic rings. The number of carboxylic acid groups (broad SMARTS) is 1. The van der Waals surface area contributed by atoms with E-state index in [4.69, 9.17) is 14.3 Å². The van der Waals surface area contributed by atoms with Crippen LogP contribution in [0.15, 0.2) is 40.8 Å². The number of rotatable bonds is 4. The summed E-state index contributed by atoms with van der Waals surface area (Å²) in [5, 5.41) is 8.71. The largest absolute Gasteiger partial charge is 0.497 e. The number of benzene rings is 1. The fraction of sp³-hybridized carbons (Fsp3) is 0.0714. The molecule has 0 fully saturated rings. The van der Waals surface area contributed by atoms with Crippen LogP contribution in [0.4, 0.5) is 0 Å². The molecule has 0 aliphatic carbocycles. The molecular formula is C14H12O4. The molecule has 18 heavy (non-hydrogen) atoms. The van der Waals surface area contributed by atoms with Crippen LogP contribution in [0.2, 0.25) is 0 Å². The van der Waals surface area contributed by atoms with Gasteiger partial charge in [-0.3, -0.25) is 0 Å². The van der Waals surface area contributed by atoms with Gasteiger partial charge < -0.3 is 14.3 Å². The summed E-state index contributed by atoms with van der Waals surface area (Å²) < 4.78 is 10.2. The molecule has 2 rings (SSSR count). The van der Waals surface area contributed by atoms with Crippen molar-refractivity contribution in [1.82, 2.24) is 0 Å². The average molecular weight is 244 g/mol. The Morgan fingerprint density at radius 2 is 1.89 bits per heavy atom. The molecule has 4 nitrogen and oxygen atoms in total. The summed E-state index contributed by atoms with van der Waals surface area (Å²) in [6, 6.07) is 10.5.